The monoisotopic (exact) mass is 346 g/mol. The Balaban J connectivity index is 1.93. The van der Waals surface area contributed by atoms with Crippen molar-refractivity contribution in [3.05, 3.63) is 62.3 Å². The van der Waals surface area contributed by atoms with Crippen LogP contribution in [0.3, 0.4) is 0 Å². The van der Waals surface area contributed by atoms with Crippen molar-refractivity contribution in [2.24, 2.45) is 5.10 Å². The van der Waals surface area contributed by atoms with Crippen LogP contribution >= 0.6 is 12.2 Å². The minimum Gasteiger partial charge on any atom is -0.465 e. The van der Waals surface area contributed by atoms with Crippen molar-refractivity contribution in [2.45, 2.75) is 6.42 Å². The van der Waals surface area contributed by atoms with E-state index in [9.17, 15) is 14.4 Å². The Hall–Kier alpha value is -3.07. The smallest absolute Gasteiger partial charge is 0.337 e. The molecule has 1 aromatic heterocycles. The van der Waals surface area contributed by atoms with Crippen LogP contribution in [0.15, 0.2) is 40.2 Å². The minimum atomic E-state index is -0.429. The fourth-order valence-corrected chi connectivity index (χ4v) is 2.06. The number of hydrogen-bond acceptors (Lipinski definition) is 6. The molecule has 1 heterocycles. The SMILES string of the molecule is COC(=O)c1ccc(/C=N\NC(=O)Cc2cc(=O)[nH]c(=S)[nH]2)cc1. The Kier molecular flexibility index (Phi) is 5.74. The number of nitrogens with zero attached hydrogens (tertiary/aromatic N) is 1. The topological polar surface area (TPSA) is 116 Å². The zero-order valence-corrected chi connectivity index (χ0v) is 13.5. The number of rotatable bonds is 5. The summed E-state index contributed by atoms with van der Waals surface area (Å²) in [5.41, 5.74) is 3.46. The summed E-state index contributed by atoms with van der Waals surface area (Å²) in [6.45, 7) is 0. The van der Waals surface area contributed by atoms with Gasteiger partial charge in [-0.1, -0.05) is 12.1 Å². The van der Waals surface area contributed by atoms with Crippen LogP contribution in [0, 0.1) is 4.77 Å². The third-order valence-electron chi connectivity index (χ3n) is 2.90. The van der Waals surface area contributed by atoms with E-state index in [1.807, 2.05) is 0 Å². The molecule has 24 heavy (non-hydrogen) atoms. The van der Waals surface area contributed by atoms with Crippen LogP contribution in [-0.4, -0.2) is 35.2 Å². The van der Waals surface area contributed by atoms with Gasteiger partial charge in [-0.3, -0.25) is 14.6 Å². The Morgan fingerprint density at radius 2 is 2.00 bits per heavy atom. The zero-order valence-electron chi connectivity index (χ0n) is 12.7. The first kappa shape index (κ1) is 17.3. The summed E-state index contributed by atoms with van der Waals surface area (Å²) in [5, 5.41) is 3.81. The van der Waals surface area contributed by atoms with Crippen molar-refractivity contribution >= 4 is 30.3 Å². The van der Waals surface area contributed by atoms with E-state index in [1.165, 1.54) is 19.4 Å². The first-order valence-corrected chi connectivity index (χ1v) is 7.21. The maximum absolute atomic E-state index is 11.8. The summed E-state index contributed by atoms with van der Waals surface area (Å²) in [7, 11) is 1.31. The molecule has 3 N–H and O–H groups in total. The van der Waals surface area contributed by atoms with Crippen molar-refractivity contribution in [2.75, 3.05) is 7.11 Å². The van der Waals surface area contributed by atoms with Crippen LogP contribution < -0.4 is 11.0 Å². The largest absolute Gasteiger partial charge is 0.465 e. The number of carbonyl (C=O) groups excluding carboxylic acids is 2. The quantitative estimate of drug-likeness (QED) is 0.322. The van der Waals surface area contributed by atoms with E-state index in [4.69, 9.17) is 12.2 Å². The highest BCUT2D eigenvalue weighted by atomic mass is 32.1. The molecule has 1 amide bonds. The summed E-state index contributed by atoms with van der Waals surface area (Å²) in [6.07, 6.45) is 1.37. The maximum Gasteiger partial charge on any atom is 0.337 e. The second-order valence-electron chi connectivity index (χ2n) is 4.70. The highest BCUT2D eigenvalue weighted by molar-refractivity contribution is 7.71. The number of benzene rings is 1. The lowest BCUT2D eigenvalue weighted by molar-refractivity contribution is -0.120. The summed E-state index contributed by atoms with van der Waals surface area (Å²) in [4.78, 5) is 39.4. The molecule has 124 valence electrons. The van der Waals surface area contributed by atoms with Crippen LogP contribution in [0.25, 0.3) is 0 Å². The second kappa shape index (κ2) is 7.97. The van der Waals surface area contributed by atoms with E-state index in [-0.39, 0.29) is 16.8 Å². The van der Waals surface area contributed by atoms with Gasteiger partial charge in [-0.15, -0.1) is 0 Å². The molecule has 1 aromatic carbocycles. The molecule has 8 nitrogen and oxygen atoms in total. The molecule has 0 bridgehead atoms. The number of H-pyrrole nitrogens is 2. The minimum absolute atomic E-state index is 0.0633. The number of ether oxygens (including phenoxy) is 1. The Bertz CT molecular complexity index is 855. The predicted molar refractivity (Wildman–Crippen MR) is 89.5 cm³/mol. The van der Waals surface area contributed by atoms with Crippen LogP contribution in [0.1, 0.15) is 21.6 Å². The third kappa shape index (κ3) is 4.99. The first-order valence-electron chi connectivity index (χ1n) is 6.81. The molecule has 2 aromatic rings. The van der Waals surface area contributed by atoms with E-state index in [1.54, 1.807) is 24.3 Å². The molecule has 0 aliphatic rings. The van der Waals surface area contributed by atoms with Crippen molar-refractivity contribution in [3.8, 4) is 0 Å². The molecule has 0 spiro atoms. The average molecular weight is 346 g/mol. The van der Waals surface area contributed by atoms with Gasteiger partial charge in [-0.2, -0.15) is 5.10 Å². The first-order chi connectivity index (χ1) is 11.5. The Labute approximate surface area is 141 Å². The van der Waals surface area contributed by atoms with Crippen molar-refractivity contribution < 1.29 is 14.3 Å². The average Bonchev–Trinajstić information content (AvgIpc) is 2.53. The highest BCUT2D eigenvalue weighted by Gasteiger charge is 2.05. The van der Waals surface area contributed by atoms with E-state index < -0.39 is 11.9 Å². The lowest BCUT2D eigenvalue weighted by Gasteiger charge is -2.01. The Morgan fingerprint density at radius 1 is 1.29 bits per heavy atom. The molecule has 2 rings (SSSR count). The molecule has 0 aliphatic heterocycles. The molecule has 0 saturated carbocycles. The number of hydrogen-bond donors (Lipinski definition) is 3. The normalized spacial score (nSPS) is 10.5. The van der Waals surface area contributed by atoms with Crippen LogP contribution in [0.2, 0.25) is 0 Å². The van der Waals surface area contributed by atoms with Gasteiger partial charge >= 0.3 is 5.97 Å². The summed E-state index contributed by atoms with van der Waals surface area (Å²) >= 11 is 4.82. The van der Waals surface area contributed by atoms with Crippen LogP contribution in [-0.2, 0) is 16.0 Å². The summed E-state index contributed by atoms with van der Waals surface area (Å²) in [5.74, 6) is -0.837. The van der Waals surface area contributed by atoms with Gasteiger partial charge < -0.3 is 9.72 Å². The molecule has 0 atom stereocenters. The van der Waals surface area contributed by atoms with E-state index in [0.29, 0.717) is 16.8 Å². The zero-order chi connectivity index (χ0) is 17.5. The van der Waals surface area contributed by atoms with Gasteiger partial charge in [0.05, 0.1) is 25.3 Å². The van der Waals surface area contributed by atoms with Crippen LogP contribution in [0.5, 0.6) is 0 Å². The van der Waals surface area contributed by atoms with Crippen LogP contribution in [0.4, 0.5) is 0 Å². The van der Waals surface area contributed by atoms with E-state index in [2.05, 4.69) is 25.2 Å². The fourth-order valence-electron chi connectivity index (χ4n) is 1.83. The number of nitrogens with one attached hydrogen (secondary N) is 3. The van der Waals surface area contributed by atoms with Gasteiger partial charge in [0.25, 0.3) is 5.56 Å². The summed E-state index contributed by atoms with van der Waals surface area (Å²) < 4.78 is 4.75. The lowest BCUT2D eigenvalue weighted by atomic mass is 10.1. The highest BCUT2D eigenvalue weighted by Crippen LogP contribution is 2.03. The number of aromatic nitrogens is 2. The molecular formula is C15H14N4O4S. The molecule has 9 heteroatoms. The number of esters is 1. The number of carbonyl (C=O) groups is 2. The van der Waals surface area contributed by atoms with E-state index in [0.717, 1.165) is 0 Å². The molecule has 0 saturated heterocycles. The van der Waals surface area contributed by atoms with E-state index >= 15 is 0 Å². The van der Waals surface area contributed by atoms with Gasteiger partial charge in [-0.05, 0) is 29.9 Å². The van der Waals surface area contributed by atoms with Crippen molar-refractivity contribution in [1.82, 2.24) is 15.4 Å². The number of hydrazone groups is 1. The van der Waals surface area contributed by atoms with Gasteiger partial charge in [0.1, 0.15) is 0 Å². The van der Waals surface area contributed by atoms with Gasteiger partial charge in [0, 0.05) is 11.8 Å². The molecular weight excluding hydrogens is 332 g/mol. The Morgan fingerprint density at radius 3 is 2.62 bits per heavy atom. The number of methoxy groups -OCH3 is 1. The standard InChI is InChI=1S/C15H14N4O4S/c1-23-14(22)10-4-2-9(3-5-10)8-16-19-13(21)7-11-6-12(20)18-15(24)17-11/h2-6,8H,7H2,1H3,(H,19,21)(H2,17,18,20,24)/b16-8-. The number of aromatic amines is 2. The molecule has 0 aliphatic carbocycles. The van der Waals surface area contributed by atoms with Crippen molar-refractivity contribution in [1.29, 1.82) is 0 Å². The maximum atomic E-state index is 11.8. The predicted octanol–water partition coefficient (Wildman–Crippen LogP) is 0.912. The van der Waals surface area contributed by atoms with Gasteiger partial charge in [0.2, 0.25) is 5.91 Å². The number of amides is 1. The molecule has 0 radical (unpaired) electrons. The fraction of sp³-hybridized carbons (Fsp3) is 0.133. The molecule has 0 unspecified atom stereocenters. The van der Waals surface area contributed by atoms with Crippen molar-refractivity contribution in [3.63, 3.8) is 0 Å². The third-order valence-corrected chi connectivity index (χ3v) is 3.11. The second-order valence-corrected chi connectivity index (χ2v) is 5.10. The molecule has 0 fully saturated rings. The van der Waals surface area contributed by atoms with Gasteiger partial charge in [-0.25, -0.2) is 10.2 Å². The lowest BCUT2D eigenvalue weighted by Crippen LogP contribution is -2.21. The summed E-state index contributed by atoms with van der Waals surface area (Å²) in [6, 6.07) is 7.76. The van der Waals surface area contributed by atoms with Gasteiger partial charge in [0.15, 0.2) is 4.77 Å².